The number of nitrogens with zero attached hydrogens (tertiary/aromatic N) is 1. The number of hydrogen-bond acceptors (Lipinski definition) is 0. The zero-order chi connectivity index (χ0) is 16.2. The third-order valence-electron chi connectivity index (χ3n) is 3.62. The molecule has 0 fully saturated rings. The molecule has 0 N–H and O–H groups in total. The maximum atomic E-state index is 5.53. The summed E-state index contributed by atoms with van der Waals surface area (Å²) in [4.78, 5) is 0. The van der Waals surface area contributed by atoms with Gasteiger partial charge in [0.05, 0.1) is 0 Å². The quantitative estimate of drug-likeness (QED) is 0.340. The maximum Gasteiger partial charge on any atom is 1.00 e. The Morgan fingerprint density at radius 3 is 0.818 bits per heavy atom. The van der Waals surface area contributed by atoms with E-state index in [0.717, 1.165) is 36.3 Å². The first kappa shape index (κ1) is 24.1. The minimum atomic E-state index is -1.85. The van der Waals surface area contributed by atoms with Crippen molar-refractivity contribution >= 4 is 16.5 Å². The van der Waals surface area contributed by atoms with Gasteiger partial charge in [-0.25, -0.2) is 0 Å². The van der Waals surface area contributed by atoms with Gasteiger partial charge in [-0.2, -0.15) is 0 Å². The summed E-state index contributed by atoms with van der Waals surface area (Å²) in [5.74, 6) is 0. The van der Waals surface area contributed by atoms with Gasteiger partial charge in [0.2, 0.25) is 0 Å². The molecule has 0 saturated carbocycles. The normalized spacial score (nSPS) is 10.9. The average Bonchev–Trinajstić information content (AvgIpc) is 2.40. The van der Waals surface area contributed by atoms with Crippen molar-refractivity contribution in [3.8, 4) is 0 Å². The molecule has 0 radical (unpaired) electrons. The molecule has 0 rings (SSSR count). The van der Waals surface area contributed by atoms with E-state index in [0.29, 0.717) is 0 Å². The van der Waals surface area contributed by atoms with Crippen molar-refractivity contribution in [3.05, 3.63) is 80.6 Å². The summed E-state index contributed by atoms with van der Waals surface area (Å²) in [7, 11) is -3.71. The van der Waals surface area contributed by atoms with E-state index in [2.05, 4.69) is 39.5 Å². The van der Waals surface area contributed by atoms with E-state index in [9.17, 15) is 0 Å². The van der Waals surface area contributed by atoms with Gasteiger partial charge in [0.1, 0.15) is 0 Å². The van der Waals surface area contributed by atoms with E-state index in [1.54, 1.807) is 0 Å². The van der Waals surface area contributed by atoms with Gasteiger partial charge in [-0.15, -0.1) is 39.5 Å². The van der Waals surface area contributed by atoms with E-state index in [4.69, 9.17) is 4.65 Å². The fourth-order valence-corrected chi connectivity index (χ4v) is 13.3. The van der Waals surface area contributed by atoms with Gasteiger partial charge in [-0.05, 0) is 16.5 Å². The molecule has 22 heavy (non-hydrogen) atoms. The molecule has 0 unspecified atom stereocenters. The van der Waals surface area contributed by atoms with E-state index >= 15 is 0 Å². The Bertz CT molecular complexity index is 301. The van der Waals surface area contributed by atoms with Crippen LogP contribution in [0.1, 0.15) is 0 Å². The largest absolute Gasteiger partial charge is 1.00 e. The Balaban J connectivity index is 0. The number of hydrogen-bond donors (Lipinski definition) is 0. The van der Waals surface area contributed by atoms with Crippen molar-refractivity contribution < 1.29 is 29.6 Å². The van der Waals surface area contributed by atoms with Crippen molar-refractivity contribution in [1.29, 1.82) is 0 Å². The molecule has 0 aliphatic rings. The average molecular weight is 340 g/mol. The predicted molar refractivity (Wildman–Crippen MR) is 105 cm³/mol. The Hall–Kier alpha value is -0.166. The van der Waals surface area contributed by atoms with Crippen LogP contribution in [0.3, 0.4) is 0 Å². The molecular formula is C18H30NNaSi2. The second-order valence-electron chi connectivity index (χ2n) is 5.52. The van der Waals surface area contributed by atoms with E-state index in [1.807, 2.05) is 36.5 Å². The Labute approximate surface area is 162 Å². The SMILES string of the molecule is C=CC[Si](CC=C)(CC=C)[N-][Si](CC=C)(CC=C)CC=C.[Na+]. The Morgan fingerprint density at radius 1 is 0.500 bits per heavy atom. The Morgan fingerprint density at radius 2 is 0.682 bits per heavy atom. The molecule has 0 atom stereocenters. The van der Waals surface area contributed by atoms with Crippen LogP contribution < -0.4 is 29.6 Å². The predicted octanol–water partition coefficient (Wildman–Crippen LogP) is 3.37. The van der Waals surface area contributed by atoms with Crippen molar-refractivity contribution in [3.63, 3.8) is 0 Å². The molecular weight excluding hydrogens is 309 g/mol. The second kappa shape index (κ2) is 13.3. The van der Waals surface area contributed by atoms with Gasteiger partial charge in [0, 0.05) is 0 Å². The summed E-state index contributed by atoms with van der Waals surface area (Å²) >= 11 is 0. The molecule has 0 aliphatic carbocycles. The summed E-state index contributed by atoms with van der Waals surface area (Å²) in [6, 6.07) is 5.86. The molecule has 116 valence electrons. The summed E-state index contributed by atoms with van der Waals surface area (Å²) < 4.78 is 5.53. The monoisotopic (exact) mass is 339 g/mol. The molecule has 0 aromatic heterocycles. The summed E-state index contributed by atoms with van der Waals surface area (Å²) in [5, 5.41) is 0. The zero-order valence-electron chi connectivity index (χ0n) is 14.4. The third-order valence-corrected chi connectivity index (χ3v) is 13.7. The van der Waals surface area contributed by atoms with Crippen molar-refractivity contribution in [1.82, 2.24) is 0 Å². The second-order valence-corrected chi connectivity index (χ2v) is 13.8. The molecule has 0 aromatic rings. The van der Waals surface area contributed by atoms with Gasteiger partial charge >= 0.3 is 29.6 Å². The standard InChI is InChI=1S/C18H30NSi2.Na/c1-7-13-20(14-8-2,15-9-3)19-21(16-10-4,17-11-5)18-12-6;/h7-12H,1-6,13-18H2;/q-1;+1. The molecule has 1 nitrogen and oxygen atoms in total. The van der Waals surface area contributed by atoms with Gasteiger partial charge in [0.25, 0.3) is 0 Å². The number of allylic oxidation sites excluding steroid dienone is 6. The van der Waals surface area contributed by atoms with Crippen LogP contribution in [0.25, 0.3) is 4.65 Å². The zero-order valence-corrected chi connectivity index (χ0v) is 18.4. The fraction of sp³-hybridized carbons (Fsp3) is 0.333. The van der Waals surface area contributed by atoms with Crippen molar-refractivity contribution in [2.75, 3.05) is 0 Å². The van der Waals surface area contributed by atoms with Crippen LogP contribution in [0, 0.1) is 0 Å². The molecule has 0 aliphatic heterocycles. The molecule has 4 heteroatoms. The summed E-state index contributed by atoms with van der Waals surface area (Å²) in [5.41, 5.74) is 0. The summed E-state index contributed by atoms with van der Waals surface area (Å²) in [6.45, 7) is 23.6. The molecule has 0 bridgehead atoms. The van der Waals surface area contributed by atoms with Crippen LogP contribution in [0.5, 0.6) is 0 Å². The Kier molecular flexibility index (Phi) is 14.6. The first-order chi connectivity index (χ1) is 10.1. The molecule has 0 amide bonds. The minimum absolute atomic E-state index is 0. The molecule has 0 heterocycles. The fourth-order valence-electron chi connectivity index (χ4n) is 2.89. The van der Waals surface area contributed by atoms with Gasteiger partial charge in [0.15, 0.2) is 0 Å². The molecule has 0 aromatic carbocycles. The number of rotatable bonds is 14. The van der Waals surface area contributed by atoms with Gasteiger partial charge in [-0.3, -0.25) is 0 Å². The van der Waals surface area contributed by atoms with E-state index in [1.165, 1.54) is 0 Å². The van der Waals surface area contributed by atoms with Crippen LogP contribution in [0.4, 0.5) is 0 Å². The van der Waals surface area contributed by atoms with E-state index in [-0.39, 0.29) is 29.6 Å². The maximum absolute atomic E-state index is 5.53. The molecule has 0 saturated heterocycles. The van der Waals surface area contributed by atoms with Crippen LogP contribution in [-0.4, -0.2) is 16.5 Å². The first-order valence-corrected chi connectivity index (χ1v) is 12.6. The molecule has 0 spiro atoms. The van der Waals surface area contributed by atoms with Crippen LogP contribution in [0.2, 0.25) is 36.3 Å². The first-order valence-electron chi connectivity index (χ1n) is 7.47. The van der Waals surface area contributed by atoms with E-state index < -0.39 is 16.5 Å². The van der Waals surface area contributed by atoms with Crippen molar-refractivity contribution in [2.45, 2.75) is 36.3 Å². The van der Waals surface area contributed by atoms with Gasteiger partial charge < -0.3 is 4.65 Å². The van der Waals surface area contributed by atoms with Crippen LogP contribution in [-0.2, 0) is 0 Å². The smallest absolute Gasteiger partial charge is 0.665 e. The van der Waals surface area contributed by atoms with Crippen molar-refractivity contribution in [2.24, 2.45) is 0 Å². The minimum Gasteiger partial charge on any atom is -0.665 e. The van der Waals surface area contributed by atoms with Gasteiger partial charge in [-0.1, -0.05) is 72.7 Å². The van der Waals surface area contributed by atoms with Crippen LogP contribution >= 0.6 is 0 Å². The summed E-state index contributed by atoms with van der Waals surface area (Å²) in [6.07, 6.45) is 12.1. The third kappa shape index (κ3) is 7.90. The van der Waals surface area contributed by atoms with Crippen LogP contribution in [0.15, 0.2) is 75.9 Å². The topological polar surface area (TPSA) is 14.1 Å².